The van der Waals surface area contributed by atoms with E-state index in [4.69, 9.17) is 22.1 Å². The van der Waals surface area contributed by atoms with Crippen LogP contribution in [0.25, 0.3) is 11.1 Å². The van der Waals surface area contributed by atoms with Crippen LogP contribution in [-0.2, 0) is 0 Å². The molecule has 0 bridgehead atoms. The molecule has 0 aliphatic carbocycles. The van der Waals surface area contributed by atoms with Crippen LogP contribution in [-0.4, -0.2) is 12.1 Å². The average Bonchev–Trinajstić information content (AvgIpc) is 2.41. The third-order valence-corrected chi connectivity index (χ3v) is 3.24. The van der Waals surface area contributed by atoms with Gasteiger partial charge in [0.05, 0.1) is 18.5 Å². The summed E-state index contributed by atoms with van der Waals surface area (Å²) in [7, 11) is 1.49. The Kier molecular flexibility index (Phi) is 4.14. The Hall–Kier alpha value is -1.81. The highest BCUT2D eigenvalue weighted by Gasteiger charge is 2.17. The molecule has 1 aromatic heterocycles. The first kappa shape index (κ1) is 14.6. The Morgan fingerprint density at radius 2 is 1.95 bits per heavy atom. The number of nitrogens with two attached hydrogens (primary N) is 1. The fraction of sp³-hybridized carbons (Fsp3) is 0.267. The van der Waals surface area contributed by atoms with Gasteiger partial charge in [-0.05, 0) is 30.2 Å². The lowest BCUT2D eigenvalue weighted by Gasteiger charge is -2.15. The fourth-order valence-corrected chi connectivity index (χ4v) is 2.21. The van der Waals surface area contributed by atoms with Gasteiger partial charge in [-0.25, -0.2) is 9.37 Å². The second-order valence-corrected chi connectivity index (χ2v) is 5.23. The van der Waals surface area contributed by atoms with Crippen molar-refractivity contribution in [1.29, 1.82) is 0 Å². The SMILES string of the molecule is COc1nc(C(C)C)c(N)cc1-c1cc(Cl)ccc1F. The standard InChI is InChI=1S/C15H16ClFN2O/c1-8(2)14-13(18)7-11(15(19-14)20-3)10-6-9(16)4-5-12(10)17/h4-8H,18H2,1-3H3. The van der Waals surface area contributed by atoms with E-state index in [9.17, 15) is 4.39 Å². The maximum Gasteiger partial charge on any atom is 0.221 e. The number of pyridine rings is 1. The van der Waals surface area contributed by atoms with Crippen molar-refractivity contribution >= 4 is 17.3 Å². The van der Waals surface area contributed by atoms with Gasteiger partial charge >= 0.3 is 0 Å². The maximum atomic E-state index is 14.0. The number of hydrogen-bond donors (Lipinski definition) is 1. The summed E-state index contributed by atoms with van der Waals surface area (Å²) >= 11 is 5.92. The molecule has 0 aliphatic rings. The molecular formula is C15H16ClFN2O. The molecule has 20 heavy (non-hydrogen) atoms. The number of halogens is 2. The molecule has 2 rings (SSSR count). The van der Waals surface area contributed by atoms with Crippen molar-refractivity contribution in [2.45, 2.75) is 19.8 Å². The van der Waals surface area contributed by atoms with Crippen LogP contribution < -0.4 is 10.5 Å². The summed E-state index contributed by atoms with van der Waals surface area (Å²) in [5, 5.41) is 0.440. The van der Waals surface area contributed by atoms with Gasteiger partial charge in [-0.2, -0.15) is 0 Å². The molecule has 0 saturated carbocycles. The number of ether oxygens (including phenoxy) is 1. The van der Waals surface area contributed by atoms with E-state index in [0.717, 1.165) is 5.69 Å². The quantitative estimate of drug-likeness (QED) is 0.920. The van der Waals surface area contributed by atoms with E-state index in [2.05, 4.69) is 4.98 Å². The number of hydrogen-bond acceptors (Lipinski definition) is 3. The number of nitrogen functional groups attached to an aromatic ring is 1. The molecule has 2 aromatic rings. The number of anilines is 1. The minimum absolute atomic E-state index is 0.155. The predicted octanol–water partition coefficient (Wildman–Crippen LogP) is 4.26. The Morgan fingerprint density at radius 1 is 1.25 bits per heavy atom. The van der Waals surface area contributed by atoms with Gasteiger partial charge in [-0.15, -0.1) is 0 Å². The van der Waals surface area contributed by atoms with Crippen LogP contribution in [0.3, 0.4) is 0 Å². The molecular weight excluding hydrogens is 279 g/mol. The van der Waals surface area contributed by atoms with Crippen molar-refractivity contribution in [2.75, 3.05) is 12.8 Å². The van der Waals surface area contributed by atoms with Crippen LogP contribution in [0.1, 0.15) is 25.5 Å². The van der Waals surface area contributed by atoms with E-state index < -0.39 is 5.82 Å². The van der Waals surface area contributed by atoms with E-state index in [0.29, 0.717) is 27.7 Å². The molecule has 106 valence electrons. The van der Waals surface area contributed by atoms with Crippen molar-refractivity contribution in [2.24, 2.45) is 0 Å². The van der Waals surface area contributed by atoms with Crippen molar-refractivity contribution in [3.05, 3.63) is 40.8 Å². The first-order valence-corrected chi connectivity index (χ1v) is 6.61. The van der Waals surface area contributed by atoms with Crippen LogP contribution in [0, 0.1) is 5.82 Å². The normalized spacial score (nSPS) is 10.9. The zero-order valence-corrected chi connectivity index (χ0v) is 12.3. The van der Waals surface area contributed by atoms with Crippen molar-refractivity contribution < 1.29 is 9.13 Å². The lowest BCUT2D eigenvalue weighted by molar-refractivity contribution is 0.397. The number of rotatable bonds is 3. The number of benzene rings is 1. The molecule has 0 unspecified atom stereocenters. The maximum absolute atomic E-state index is 14.0. The molecule has 0 radical (unpaired) electrons. The summed E-state index contributed by atoms with van der Waals surface area (Å²) in [6.07, 6.45) is 0. The highest BCUT2D eigenvalue weighted by molar-refractivity contribution is 6.30. The molecule has 0 fully saturated rings. The third kappa shape index (κ3) is 2.70. The Bertz CT molecular complexity index is 644. The largest absolute Gasteiger partial charge is 0.481 e. The summed E-state index contributed by atoms with van der Waals surface area (Å²) in [6, 6.07) is 6.01. The highest BCUT2D eigenvalue weighted by atomic mass is 35.5. The van der Waals surface area contributed by atoms with E-state index in [-0.39, 0.29) is 5.92 Å². The second kappa shape index (κ2) is 5.67. The summed E-state index contributed by atoms with van der Waals surface area (Å²) in [5.41, 5.74) is 8.05. The summed E-state index contributed by atoms with van der Waals surface area (Å²) in [4.78, 5) is 4.38. The van der Waals surface area contributed by atoms with Gasteiger partial charge in [0, 0.05) is 16.1 Å². The Morgan fingerprint density at radius 3 is 2.55 bits per heavy atom. The van der Waals surface area contributed by atoms with Crippen LogP contribution in [0.15, 0.2) is 24.3 Å². The Labute approximate surface area is 122 Å². The summed E-state index contributed by atoms with van der Waals surface area (Å²) in [5.74, 6) is 0.0948. The topological polar surface area (TPSA) is 48.1 Å². The summed E-state index contributed by atoms with van der Waals surface area (Å²) < 4.78 is 19.2. The van der Waals surface area contributed by atoms with Gasteiger partial charge in [0.25, 0.3) is 0 Å². The second-order valence-electron chi connectivity index (χ2n) is 4.80. The van der Waals surface area contributed by atoms with Crippen molar-refractivity contribution in [3.63, 3.8) is 0 Å². The van der Waals surface area contributed by atoms with Crippen molar-refractivity contribution in [1.82, 2.24) is 4.98 Å². The van der Waals surface area contributed by atoms with E-state index in [1.807, 2.05) is 13.8 Å². The van der Waals surface area contributed by atoms with Gasteiger partial charge in [0.1, 0.15) is 5.82 Å². The fourth-order valence-electron chi connectivity index (χ4n) is 2.04. The molecule has 0 aliphatic heterocycles. The third-order valence-electron chi connectivity index (χ3n) is 3.01. The predicted molar refractivity (Wildman–Crippen MR) is 79.7 cm³/mol. The van der Waals surface area contributed by atoms with Crippen molar-refractivity contribution in [3.8, 4) is 17.0 Å². The smallest absolute Gasteiger partial charge is 0.221 e. The molecule has 2 N–H and O–H groups in total. The molecule has 3 nitrogen and oxygen atoms in total. The summed E-state index contributed by atoms with van der Waals surface area (Å²) in [6.45, 7) is 3.97. The molecule has 0 atom stereocenters. The first-order chi connectivity index (χ1) is 9.43. The minimum atomic E-state index is -0.397. The average molecular weight is 295 g/mol. The molecule has 0 spiro atoms. The zero-order valence-electron chi connectivity index (χ0n) is 11.6. The lowest BCUT2D eigenvalue weighted by atomic mass is 10.0. The minimum Gasteiger partial charge on any atom is -0.481 e. The van der Waals surface area contributed by atoms with E-state index in [1.54, 1.807) is 6.07 Å². The zero-order chi connectivity index (χ0) is 14.9. The molecule has 1 aromatic carbocycles. The number of aromatic nitrogens is 1. The molecule has 0 amide bonds. The van der Waals surface area contributed by atoms with Gasteiger partial charge in [0.2, 0.25) is 5.88 Å². The van der Waals surface area contributed by atoms with E-state index >= 15 is 0 Å². The Balaban J connectivity index is 2.67. The monoisotopic (exact) mass is 294 g/mol. The first-order valence-electron chi connectivity index (χ1n) is 6.23. The number of methoxy groups -OCH3 is 1. The molecule has 0 saturated heterocycles. The molecule has 1 heterocycles. The van der Waals surface area contributed by atoms with Gasteiger partial charge in [0.15, 0.2) is 0 Å². The van der Waals surface area contributed by atoms with Crippen LogP contribution >= 0.6 is 11.6 Å². The van der Waals surface area contributed by atoms with Crippen LogP contribution in [0.4, 0.5) is 10.1 Å². The van der Waals surface area contributed by atoms with E-state index in [1.165, 1.54) is 25.3 Å². The van der Waals surface area contributed by atoms with Gasteiger partial charge in [-0.1, -0.05) is 25.4 Å². The number of nitrogens with zero attached hydrogens (tertiary/aromatic N) is 1. The van der Waals surface area contributed by atoms with Crippen LogP contribution in [0.5, 0.6) is 5.88 Å². The van der Waals surface area contributed by atoms with Gasteiger partial charge in [-0.3, -0.25) is 0 Å². The molecule has 5 heteroatoms. The lowest BCUT2D eigenvalue weighted by Crippen LogP contribution is -2.04. The van der Waals surface area contributed by atoms with Gasteiger partial charge < -0.3 is 10.5 Å². The van der Waals surface area contributed by atoms with Crippen LogP contribution in [0.2, 0.25) is 5.02 Å². The highest BCUT2D eigenvalue weighted by Crippen LogP contribution is 2.36.